The summed E-state index contributed by atoms with van der Waals surface area (Å²) < 4.78 is 0. The summed E-state index contributed by atoms with van der Waals surface area (Å²) in [7, 11) is 0. The van der Waals surface area contributed by atoms with Crippen LogP contribution in [0.1, 0.15) is 48.4 Å². The van der Waals surface area contributed by atoms with Gasteiger partial charge in [0.25, 0.3) is 0 Å². The van der Waals surface area contributed by atoms with Crippen LogP contribution in [0.2, 0.25) is 0 Å². The molecule has 2 aromatic carbocycles. The quantitative estimate of drug-likeness (QED) is 0.705. The lowest BCUT2D eigenvalue weighted by Crippen LogP contribution is -2.50. The van der Waals surface area contributed by atoms with Gasteiger partial charge in [0.1, 0.15) is 6.04 Å². The fraction of sp³-hybridized carbons (Fsp3) is 0.500. The zero-order chi connectivity index (χ0) is 22.6. The molecule has 1 unspecified atom stereocenters. The summed E-state index contributed by atoms with van der Waals surface area (Å²) in [5, 5.41) is 0. The molecule has 3 aliphatic rings. The molecule has 0 bridgehead atoms. The first-order valence-corrected chi connectivity index (χ1v) is 12.6. The Kier molecular flexibility index (Phi) is 6.77. The molecule has 0 spiro atoms. The first-order valence-electron chi connectivity index (χ1n) is 12.6. The highest BCUT2D eigenvalue weighted by molar-refractivity contribution is 5.86. The molecule has 2 amide bonds. The maximum atomic E-state index is 13.5. The molecular weight excluding hydrogens is 410 g/mol. The van der Waals surface area contributed by atoms with Crippen LogP contribution in [0.5, 0.6) is 0 Å². The summed E-state index contributed by atoms with van der Waals surface area (Å²) in [5.41, 5.74) is 3.73. The van der Waals surface area contributed by atoms with Crippen LogP contribution >= 0.6 is 0 Å². The van der Waals surface area contributed by atoms with Gasteiger partial charge < -0.3 is 9.80 Å². The van der Waals surface area contributed by atoms with Crippen LogP contribution in [-0.4, -0.2) is 65.8 Å². The van der Waals surface area contributed by atoms with Gasteiger partial charge in [0.05, 0.1) is 6.54 Å². The van der Waals surface area contributed by atoms with Crippen LogP contribution < -0.4 is 0 Å². The van der Waals surface area contributed by atoms with Crippen molar-refractivity contribution < 1.29 is 9.59 Å². The second-order valence-corrected chi connectivity index (χ2v) is 9.87. The SMILES string of the molecule is O=C(CN1CCc2ccccc2C1C(=O)N1CCCC1)N1CCC(Cc2ccccc2)CC1. The summed E-state index contributed by atoms with van der Waals surface area (Å²) in [6.07, 6.45) is 6.26. The minimum atomic E-state index is -0.326. The molecular formula is C28H35N3O2. The second-order valence-electron chi connectivity index (χ2n) is 9.87. The number of nitrogens with zero attached hydrogens (tertiary/aromatic N) is 3. The summed E-state index contributed by atoms with van der Waals surface area (Å²) in [5.74, 6) is 0.989. The van der Waals surface area contributed by atoms with Crippen molar-refractivity contribution in [3.63, 3.8) is 0 Å². The predicted molar refractivity (Wildman–Crippen MR) is 130 cm³/mol. The molecule has 5 heteroatoms. The van der Waals surface area contributed by atoms with E-state index in [2.05, 4.69) is 53.4 Å². The van der Waals surface area contributed by atoms with Gasteiger partial charge in [-0.15, -0.1) is 0 Å². The Balaban J connectivity index is 1.23. The van der Waals surface area contributed by atoms with E-state index in [0.717, 1.165) is 76.8 Å². The third-order valence-corrected chi connectivity index (χ3v) is 7.71. The molecule has 2 saturated heterocycles. The Labute approximate surface area is 197 Å². The molecule has 5 nitrogen and oxygen atoms in total. The third kappa shape index (κ3) is 4.98. The van der Waals surface area contributed by atoms with Crippen molar-refractivity contribution in [3.8, 4) is 0 Å². The van der Waals surface area contributed by atoms with Gasteiger partial charge in [-0.05, 0) is 61.1 Å². The zero-order valence-corrected chi connectivity index (χ0v) is 19.5. The smallest absolute Gasteiger partial charge is 0.244 e. The number of piperidine rings is 1. The van der Waals surface area contributed by atoms with E-state index < -0.39 is 0 Å². The molecule has 0 radical (unpaired) electrons. The number of benzene rings is 2. The lowest BCUT2D eigenvalue weighted by atomic mass is 9.90. The van der Waals surface area contributed by atoms with Gasteiger partial charge in [0, 0.05) is 32.7 Å². The fourth-order valence-electron chi connectivity index (χ4n) is 5.80. The van der Waals surface area contributed by atoms with Crippen LogP contribution in [0.15, 0.2) is 54.6 Å². The van der Waals surface area contributed by atoms with E-state index in [1.165, 1.54) is 11.1 Å². The van der Waals surface area contributed by atoms with Crippen molar-refractivity contribution >= 4 is 11.8 Å². The topological polar surface area (TPSA) is 43.9 Å². The molecule has 3 aliphatic heterocycles. The van der Waals surface area contributed by atoms with Crippen LogP contribution in [0, 0.1) is 5.92 Å². The maximum absolute atomic E-state index is 13.5. The van der Waals surface area contributed by atoms with Crippen molar-refractivity contribution in [1.82, 2.24) is 14.7 Å². The molecule has 3 heterocycles. The van der Waals surface area contributed by atoms with Gasteiger partial charge in [-0.3, -0.25) is 14.5 Å². The normalized spacial score (nSPS) is 21.8. The van der Waals surface area contributed by atoms with E-state index in [9.17, 15) is 9.59 Å². The van der Waals surface area contributed by atoms with Crippen LogP contribution in [0.4, 0.5) is 0 Å². The maximum Gasteiger partial charge on any atom is 0.244 e. The zero-order valence-electron chi connectivity index (χ0n) is 19.5. The number of likely N-dealkylation sites (tertiary alicyclic amines) is 2. The number of rotatable bonds is 5. The van der Waals surface area contributed by atoms with Crippen molar-refractivity contribution in [3.05, 3.63) is 71.3 Å². The predicted octanol–water partition coefficient (Wildman–Crippen LogP) is 3.69. The summed E-state index contributed by atoms with van der Waals surface area (Å²) in [4.78, 5) is 33.0. The first kappa shape index (κ1) is 22.1. The van der Waals surface area contributed by atoms with Crippen molar-refractivity contribution in [2.75, 3.05) is 39.3 Å². The number of hydrogen-bond acceptors (Lipinski definition) is 3. The van der Waals surface area contributed by atoms with Gasteiger partial charge in [0.15, 0.2) is 0 Å². The number of fused-ring (bicyclic) bond motifs is 1. The van der Waals surface area contributed by atoms with Gasteiger partial charge in [-0.25, -0.2) is 0 Å². The highest BCUT2D eigenvalue weighted by Crippen LogP contribution is 2.32. The Morgan fingerprint density at radius 2 is 1.48 bits per heavy atom. The third-order valence-electron chi connectivity index (χ3n) is 7.71. The van der Waals surface area contributed by atoms with Crippen LogP contribution in [-0.2, 0) is 22.4 Å². The fourth-order valence-corrected chi connectivity index (χ4v) is 5.80. The molecule has 33 heavy (non-hydrogen) atoms. The monoisotopic (exact) mass is 445 g/mol. The standard InChI is InChI=1S/C28H35N3O2/c32-26(29-17-12-23(13-18-29)20-22-8-2-1-3-9-22)21-31-19-14-24-10-4-5-11-25(24)27(31)28(33)30-15-6-7-16-30/h1-5,8-11,23,27H,6-7,12-21H2. The van der Waals surface area contributed by atoms with E-state index in [1.807, 2.05) is 15.9 Å². The van der Waals surface area contributed by atoms with Crippen molar-refractivity contribution in [2.24, 2.45) is 5.92 Å². The molecule has 2 fully saturated rings. The summed E-state index contributed by atoms with van der Waals surface area (Å²) in [6, 6.07) is 18.6. The minimum absolute atomic E-state index is 0.173. The number of carbonyl (C=O) groups excluding carboxylic acids is 2. The lowest BCUT2D eigenvalue weighted by molar-refractivity contribution is -0.140. The minimum Gasteiger partial charge on any atom is -0.342 e. The molecule has 0 aliphatic carbocycles. The van der Waals surface area contributed by atoms with Gasteiger partial charge in [0.2, 0.25) is 11.8 Å². The highest BCUT2D eigenvalue weighted by Gasteiger charge is 2.37. The number of amides is 2. The molecule has 0 N–H and O–H groups in total. The Morgan fingerprint density at radius 1 is 0.788 bits per heavy atom. The van der Waals surface area contributed by atoms with Gasteiger partial charge in [-0.1, -0.05) is 54.6 Å². The first-order chi connectivity index (χ1) is 16.2. The second kappa shape index (κ2) is 10.1. The van der Waals surface area contributed by atoms with Crippen LogP contribution in [0.3, 0.4) is 0 Å². The number of hydrogen-bond donors (Lipinski definition) is 0. The molecule has 174 valence electrons. The Bertz CT molecular complexity index is 962. The van der Waals surface area contributed by atoms with E-state index in [1.54, 1.807) is 0 Å². The average Bonchev–Trinajstić information content (AvgIpc) is 3.40. The Hall–Kier alpha value is -2.66. The highest BCUT2D eigenvalue weighted by atomic mass is 16.2. The Morgan fingerprint density at radius 3 is 2.24 bits per heavy atom. The average molecular weight is 446 g/mol. The van der Waals surface area contributed by atoms with Gasteiger partial charge in [-0.2, -0.15) is 0 Å². The van der Waals surface area contributed by atoms with Crippen LogP contribution in [0.25, 0.3) is 0 Å². The van der Waals surface area contributed by atoms with E-state index in [4.69, 9.17) is 0 Å². The van der Waals surface area contributed by atoms with E-state index >= 15 is 0 Å². The van der Waals surface area contributed by atoms with E-state index in [0.29, 0.717) is 12.5 Å². The largest absolute Gasteiger partial charge is 0.342 e. The molecule has 1 atom stereocenters. The molecule has 0 aromatic heterocycles. The molecule has 2 aromatic rings. The van der Waals surface area contributed by atoms with E-state index in [-0.39, 0.29) is 17.9 Å². The summed E-state index contributed by atoms with van der Waals surface area (Å²) >= 11 is 0. The number of carbonyl (C=O) groups is 2. The van der Waals surface area contributed by atoms with Crippen molar-refractivity contribution in [1.29, 1.82) is 0 Å². The molecule has 5 rings (SSSR count). The van der Waals surface area contributed by atoms with Crippen molar-refractivity contribution in [2.45, 2.75) is 44.6 Å². The molecule has 0 saturated carbocycles. The lowest BCUT2D eigenvalue weighted by Gasteiger charge is -2.39. The summed E-state index contributed by atoms with van der Waals surface area (Å²) in [6.45, 7) is 4.43. The van der Waals surface area contributed by atoms with Gasteiger partial charge >= 0.3 is 0 Å².